The normalized spacial score (nSPS) is 14.9. The summed E-state index contributed by atoms with van der Waals surface area (Å²) in [6.45, 7) is 4.75. The van der Waals surface area contributed by atoms with E-state index >= 15 is 0 Å². The Kier molecular flexibility index (Phi) is 7.99. The molecule has 2 aliphatic carbocycles. The predicted octanol–water partition coefficient (Wildman–Crippen LogP) is 15.2. The quantitative estimate of drug-likeness (QED) is 0.167. The highest BCUT2D eigenvalue weighted by Gasteiger charge is 2.38. The van der Waals surface area contributed by atoms with Crippen molar-refractivity contribution in [3.63, 3.8) is 0 Å². The summed E-state index contributed by atoms with van der Waals surface area (Å²) >= 11 is 0. The lowest BCUT2D eigenvalue weighted by molar-refractivity contribution is 0.445. The molecular weight excluding hydrogens is 651 g/mol. The maximum atomic E-state index is 2.54. The third-order valence-electron chi connectivity index (χ3n) is 12.5. The molecule has 0 bridgehead atoms. The molecule has 0 amide bonds. The van der Waals surface area contributed by atoms with E-state index < -0.39 is 0 Å². The molecule has 0 aliphatic heterocycles. The molecule has 0 heterocycles. The number of nitrogens with zero attached hydrogens (tertiary/aromatic N) is 1. The number of para-hydroxylation sites is 1. The summed E-state index contributed by atoms with van der Waals surface area (Å²) in [4.78, 5) is 2.54. The molecule has 0 radical (unpaired) electrons. The van der Waals surface area contributed by atoms with Gasteiger partial charge in [-0.1, -0.05) is 179 Å². The lowest BCUT2D eigenvalue weighted by Crippen LogP contribution is -2.16. The van der Waals surface area contributed by atoms with Gasteiger partial charge in [0.1, 0.15) is 0 Å². The van der Waals surface area contributed by atoms with E-state index in [4.69, 9.17) is 0 Å². The van der Waals surface area contributed by atoms with Crippen LogP contribution in [0, 0.1) is 0 Å². The van der Waals surface area contributed by atoms with Crippen molar-refractivity contribution in [3.8, 4) is 33.4 Å². The predicted molar refractivity (Wildman–Crippen MR) is 230 cm³/mol. The number of anilines is 3. The first-order valence-corrected chi connectivity index (χ1v) is 19.8. The Morgan fingerprint density at radius 1 is 0.463 bits per heavy atom. The van der Waals surface area contributed by atoms with Crippen LogP contribution in [0.1, 0.15) is 68.6 Å². The van der Waals surface area contributed by atoms with Gasteiger partial charge in [-0.2, -0.15) is 0 Å². The number of hydrogen-bond donors (Lipinski definition) is 0. The second-order valence-corrected chi connectivity index (χ2v) is 15.9. The summed E-state index contributed by atoms with van der Waals surface area (Å²) in [7, 11) is 0. The lowest BCUT2D eigenvalue weighted by Gasteiger charge is -2.31. The first-order valence-electron chi connectivity index (χ1n) is 19.8. The van der Waals surface area contributed by atoms with Crippen molar-refractivity contribution in [1.82, 2.24) is 0 Å². The average molecular weight is 696 g/mol. The zero-order valence-electron chi connectivity index (χ0n) is 31.2. The molecule has 2 aliphatic rings. The van der Waals surface area contributed by atoms with Gasteiger partial charge in [0.05, 0.1) is 11.4 Å². The Bertz CT molecular complexity index is 2660. The molecule has 10 rings (SSSR count). The van der Waals surface area contributed by atoms with Crippen molar-refractivity contribution in [2.24, 2.45) is 0 Å². The molecule has 1 saturated carbocycles. The summed E-state index contributed by atoms with van der Waals surface area (Å²) in [5.74, 6) is 0.601. The second kappa shape index (κ2) is 13.2. The van der Waals surface area contributed by atoms with E-state index in [1.165, 1.54) is 115 Å². The van der Waals surface area contributed by atoms with Crippen molar-refractivity contribution in [2.75, 3.05) is 4.90 Å². The molecule has 8 aromatic rings. The molecule has 1 nitrogen and oxygen atoms in total. The average Bonchev–Trinajstić information content (AvgIpc) is 3.47. The van der Waals surface area contributed by atoms with Gasteiger partial charge in [-0.05, 0) is 104 Å². The third kappa shape index (κ3) is 5.29. The van der Waals surface area contributed by atoms with Gasteiger partial charge in [-0.3, -0.25) is 0 Å². The van der Waals surface area contributed by atoms with Crippen LogP contribution < -0.4 is 4.90 Å². The van der Waals surface area contributed by atoms with Gasteiger partial charge in [0.25, 0.3) is 0 Å². The van der Waals surface area contributed by atoms with Crippen molar-refractivity contribution < 1.29 is 0 Å². The monoisotopic (exact) mass is 695 g/mol. The molecule has 0 saturated heterocycles. The molecule has 0 aromatic heterocycles. The van der Waals surface area contributed by atoms with E-state index in [0.717, 1.165) is 5.69 Å². The molecule has 0 unspecified atom stereocenters. The van der Waals surface area contributed by atoms with Crippen LogP contribution >= 0.6 is 0 Å². The fraction of sp³-hybridized carbons (Fsp3) is 0.170. The van der Waals surface area contributed by atoms with Gasteiger partial charge < -0.3 is 4.90 Å². The minimum absolute atomic E-state index is 0.101. The van der Waals surface area contributed by atoms with E-state index in [9.17, 15) is 0 Å². The highest BCUT2D eigenvalue weighted by molar-refractivity contribution is 6.05. The van der Waals surface area contributed by atoms with Crippen LogP contribution in [-0.4, -0.2) is 0 Å². The molecule has 1 heteroatoms. The van der Waals surface area contributed by atoms with Crippen LogP contribution in [-0.2, 0) is 5.41 Å². The Hall–Kier alpha value is -5.92. The van der Waals surface area contributed by atoms with Crippen LogP contribution in [0.2, 0.25) is 0 Å². The standard InChI is InChI=1S/C53H45N/c1-53(2)47-28-10-8-24-46(47)52-48(53)29-15-31-50(52)54(40-34-32-38(33-35-40)42-25-12-19-36-18-6-7-22-41(36)42)49-30-11-9-23-44(49)45-27-14-21-39-20-13-26-43(51(39)45)37-16-4-3-5-17-37/h6-15,18-35,37H,3-5,16-17H2,1-2H3. The summed E-state index contributed by atoms with van der Waals surface area (Å²) in [6.07, 6.45) is 6.54. The summed E-state index contributed by atoms with van der Waals surface area (Å²) < 4.78 is 0. The number of rotatable bonds is 6. The zero-order chi connectivity index (χ0) is 36.2. The minimum atomic E-state index is -0.101. The van der Waals surface area contributed by atoms with E-state index in [2.05, 4.69) is 189 Å². The fourth-order valence-electron chi connectivity index (χ4n) is 9.84. The Labute approximate surface area is 319 Å². The zero-order valence-corrected chi connectivity index (χ0v) is 31.2. The second-order valence-electron chi connectivity index (χ2n) is 15.9. The molecule has 1 fully saturated rings. The van der Waals surface area contributed by atoms with E-state index in [1.54, 1.807) is 0 Å². The van der Waals surface area contributed by atoms with Gasteiger partial charge >= 0.3 is 0 Å². The first kappa shape index (κ1) is 32.7. The van der Waals surface area contributed by atoms with E-state index in [1.807, 2.05) is 0 Å². The maximum Gasteiger partial charge on any atom is 0.0543 e. The number of hydrogen-bond acceptors (Lipinski definition) is 1. The topological polar surface area (TPSA) is 3.24 Å². The minimum Gasteiger partial charge on any atom is -0.309 e. The van der Waals surface area contributed by atoms with Crippen LogP contribution in [0.15, 0.2) is 170 Å². The molecule has 262 valence electrons. The molecule has 0 atom stereocenters. The van der Waals surface area contributed by atoms with Gasteiger partial charge in [-0.15, -0.1) is 0 Å². The summed E-state index contributed by atoms with van der Waals surface area (Å²) in [6, 6.07) is 63.6. The molecule has 0 N–H and O–H groups in total. The highest BCUT2D eigenvalue weighted by atomic mass is 15.1. The SMILES string of the molecule is CC1(C)c2ccccc2-c2c(N(c3ccc(-c4cccc5ccccc45)cc3)c3ccccc3-c3cccc4cccc(C5CCCCC5)c34)cccc21. The van der Waals surface area contributed by atoms with Gasteiger partial charge in [-0.25, -0.2) is 0 Å². The third-order valence-corrected chi connectivity index (χ3v) is 12.5. The largest absolute Gasteiger partial charge is 0.309 e. The fourth-order valence-corrected chi connectivity index (χ4v) is 9.84. The smallest absolute Gasteiger partial charge is 0.0543 e. The van der Waals surface area contributed by atoms with Crippen LogP contribution in [0.4, 0.5) is 17.1 Å². The summed E-state index contributed by atoms with van der Waals surface area (Å²) in [5.41, 5.74) is 15.4. The lowest BCUT2D eigenvalue weighted by atomic mass is 9.80. The highest BCUT2D eigenvalue weighted by Crippen LogP contribution is 2.55. The molecule has 54 heavy (non-hydrogen) atoms. The van der Waals surface area contributed by atoms with E-state index in [0.29, 0.717) is 5.92 Å². The number of fused-ring (bicyclic) bond motifs is 5. The number of benzene rings is 8. The Morgan fingerprint density at radius 2 is 1.06 bits per heavy atom. The molecule has 0 spiro atoms. The van der Waals surface area contributed by atoms with Crippen LogP contribution in [0.3, 0.4) is 0 Å². The van der Waals surface area contributed by atoms with E-state index in [-0.39, 0.29) is 5.41 Å². The summed E-state index contributed by atoms with van der Waals surface area (Å²) in [5, 5.41) is 5.28. The molecule has 8 aromatic carbocycles. The van der Waals surface area contributed by atoms with Gasteiger partial charge in [0.15, 0.2) is 0 Å². The van der Waals surface area contributed by atoms with Gasteiger partial charge in [0, 0.05) is 22.2 Å². The first-order chi connectivity index (χ1) is 26.6. The molecular formula is C53H45N. The van der Waals surface area contributed by atoms with Crippen LogP contribution in [0.5, 0.6) is 0 Å². The van der Waals surface area contributed by atoms with Crippen molar-refractivity contribution in [1.29, 1.82) is 0 Å². The Balaban J connectivity index is 1.21. The Morgan fingerprint density at radius 3 is 1.89 bits per heavy atom. The van der Waals surface area contributed by atoms with Crippen molar-refractivity contribution >= 4 is 38.6 Å². The van der Waals surface area contributed by atoms with Crippen molar-refractivity contribution in [2.45, 2.75) is 57.3 Å². The van der Waals surface area contributed by atoms with Crippen LogP contribution in [0.25, 0.3) is 54.9 Å². The maximum absolute atomic E-state index is 2.54. The van der Waals surface area contributed by atoms with Crippen molar-refractivity contribution in [3.05, 3.63) is 187 Å². The van der Waals surface area contributed by atoms with Gasteiger partial charge in [0.2, 0.25) is 0 Å².